The SMILES string of the molecule is CCCCCCCCN=C1C=C[NH+](CCCCCCCCCC[n+]2ccc(NCCCCCCCC)cc2)C=C1.CCCCCCCCNc1cc[n+](CCCCCCCCCCN2C=CC([NH2+]CCCCCCCC)C=C2)cc1.Cl.[Cl-].[Cl-].[Cl-]. The molecule has 486 valence electrons. The maximum atomic E-state index is 4.75. The predicted molar refractivity (Wildman–Crippen MR) is 357 cm³/mol. The molecule has 4 heterocycles. The molecule has 0 saturated heterocycles. The zero-order chi connectivity index (χ0) is 56.7. The van der Waals surface area contributed by atoms with E-state index < -0.39 is 0 Å². The Morgan fingerprint density at radius 1 is 0.440 bits per heavy atom. The summed E-state index contributed by atoms with van der Waals surface area (Å²) in [5, 5.41) is 9.65. The first-order valence-corrected chi connectivity index (χ1v) is 34.8. The molecule has 0 bridgehead atoms. The maximum Gasteiger partial charge on any atom is 0.170 e. The van der Waals surface area contributed by atoms with E-state index in [9.17, 15) is 0 Å². The molecule has 8 nitrogen and oxygen atoms in total. The molecule has 0 atom stereocenters. The number of pyridine rings is 2. The van der Waals surface area contributed by atoms with Crippen LogP contribution in [0.1, 0.15) is 285 Å². The molecule has 2 aliphatic rings. The fourth-order valence-electron chi connectivity index (χ4n) is 11.0. The molecule has 4 rings (SSSR count). The number of allylic oxidation sites excluding steroid dienone is 2. The number of aromatic nitrogens is 2. The monoisotopic (exact) mass is 1250 g/mol. The van der Waals surface area contributed by atoms with Crippen molar-refractivity contribution in [2.24, 2.45) is 4.99 Å². The normalized spacial score (nSPS) is 13.4. The lowest BCUT2D eigenvalue weighted by molar-refractivity contribution is -0.790. The van der Waals surface area contributed by atoms with Crippen molar-refractivity contribution >= 4 is 29.5 Å². The number of aryl methyl sites for hydroxylation is 2. The van der Waals surface area contributed by atoms with E-state index in [0.717, 1.165) is 38.4 Å². The summed E-state index contributed by atoms with van der Waals surface area (Å²) in [5.41, 5.74) is 3.68. The standard InChI is InChI=1S/C36H64N4.C36H62N4.4ClH/c2*1-3-5-7-9-15-19-27-37-35-23-31-39(32-24-35)29-21-17-13-11-12-14-18-22-30-40-33-25-36(26-34-40)38-28-20-16-10-8-6-4-2;;;;/h23-26,31-35,37H,3-22,27-30H2,1-2H3;23-26,31-34H,3-22,27-30H2,1-2H3;4*1H/p+1. The van der Waals surface area contributed by atoms with Gasteiger partial charge in [0.1, 0.15) is 31.5 Å². The Kier molecular flexibility index (Phi) is 63.0. The van der Waals surface area contributed by atoms with E-state index in [4.69, 9.17) is 4.99 Å². The Labute approximate surface area is 544 Å². The lowest BCUT2D eigenvalue weighted by Crippen LogP contribution is -3.03. The van der Waals surface area contributed by atoms with E-state index in [1.165, 1.54) is 293 Å². The number of aliphatic imine (C=N–C) groups is 1. The summed E-state index contributed by atoms with van der Waals surface area (Å²) in [4.78, 5) is 8.60. The molecule has 84 heavy (non-hydrogen) atoms. The first kappa shape index (κ1) is 83.5. The van der Waals surface area contributed by atoms with Crippen LogP contribution in [0.3, 0.4) is 0 Å². The number of quaternary nitrogens is 2. The van der Waals surface area contributed by atoms with Crippen LogP contribution in [0.4, 0.5) is 11.4 Å². The minimum atomic E-state index is 0. The van der Waals surface area contributed by atoms with Gasteiger partial charge in [-0.25, -0.2) is 9.13 Å². The third kappa shape index (κ3) is 49.4. The van der Waals surface area contributed by atoms with E-state index in [-0.39, 0.29) is 49.6 Å². The highest BCUT2D eigenvalue weighted by Gasteiger charge is 2.10. The zero-order valence-electron chi connectivity index (χ0n) is 54.7. The van der Waals surface area contributed by atoms with Gasteiger partial charge in [-0.15, -0.1) is 12.4 Å². The molecule has 0 radical (unpaired) electrons. The van der Waals surface area contributed by atoms with Crippen molar-refractivity contribution in [3.8, 4) is 0 Å². The Balaban J connectivity index is 0. The highest BCUT2D eigenvalue weighted by molar-refractivity contribution is 6.04. The van der Waals surface area contributed by atoms with Crippen molar-refractivity contribution in [3.63, 3.8) is 0 Å². The van der Waals surface area contributed by atoms with E-state index in [0.29, 0.717) is 6.04 Å². The fraction of sp³-hybridized carbons (Fsp3) is 0.736. The van der Waals surface area contributed by atoms with E-state index in [1.54, 1.807) is 0 Å². The summed E-state index contributed by atoms with van der Waals surface area (Å²) in [6.45, 7) is 18.2. The van der Waals surface area contributed by atoms with E-state index in [1.807, 2.05) is 0 Å². The molecule has 0 saturated carbocycles. The second-order valence-corrected chi connectivity index (χ2v) is 24.1. The number of hydrogen-bond acceptors (Lipinski definition) is 4. The number of anilines is 2. The number of unbranched alkanes of at least 4 members (excludes halogenated alkanes) is 34. The molecule has 2 aromatic heterocycles. The van der Waals surface area contributed by atoms with Gasteiger partial charge in [0.05, 0.1) is 18.8 Å². The topological polar surface area (TPSA) is 68.5 Å². The number of halogens is 4. The molecular weight excluding hydrogens is 1120 g/mol. The summed E-state index contributed by atoms with van der Waals surface area (Å²) in [5.74, 6) is 0. The summed E-state index contributed by atoms with van der Waals surface area (Å²) in [6, 6.07) is 9.48. The molecular formula is C72H131Cl4N8+. The molecule has 12 heteroatoms. The van der Waals surface area contributed by atoms with E-state index in [2.05, 4.69) is 156 Å². The van der Waals surface area contributed by atoms with Gasteiger partial charge in [0.2, 0.25) is 0 Å². The van der Waals surface area contributed by atoms with Crippen LogP contribution < -0.4 is 67.2 Å². The van der Waals surface area contributed by atoms with Crippen LogP contribution in [0.2, 0.25) is 0 Å². The number of nitrogens with one attached hydrogen (secondary N) is 3. The molecule has 0 aromatic carbocycles. The van der Waals surface area contributed by atoms with Crippen molar-refractivity contribution in [2.75, 3.05) is 49.9 Å². The Morgan fingerprint density at radius 2 is 0.798 bits per heavy atom. The van der Waals surface area contributed by atoms with Crippen molar-refractivity contribution in [1.82, 2.24) is 4.90 Å². The highest BCUT2D eigenvalue weighted by atomic mass is 35.5. The van der Waals surface area contributed by atoms with Gasteiger partial charge in [0, 0.05) is 99.2 Å². The number of rotatable bonds is 53. The maximum absolute atomic E-state index is 4.75. The van der Waals surface area contributed by atoms with Crippen molar-refractivity contribution in [1.29, 1.82) is 0 Å². The van der Waals surface area contributed by atoms with Crippen LogP contribution in [-0.2, 0) is 13.1 Å². The summed E-state index contributed by atoms with van der Waals surface area (Å²) in [6.07, 6.45) is 81.7. The predicted octanol–water partition coefficient (Wildman–Crippen LogP) is 8.53. The van der Waals surface area contributed by atoms with Gasteiger partial charge in [-0.05, 0) is 76.4 Å². The average molecular weight is 1250 g/mol. The quantitative estimate of drug-likeness (QED) is 0.0397. The number of nitrogens with two attached hydrogens (primary N) is 1. The van der Waals surface area contributed by atoms with Crippen LogP contribution >= 0.6 is 12.4 Å². The molecule has 0 unspecified atom stereocenters. The molecule has 5 N–H and O–H groups in total. The lowest BCUT2D eigenvalue weighted by Gasteiger charge is -2.20. The molecule has 0 amide bonds. The fourth-order valence-corrected chi connectivity index (χ4v) is 11.0. The van der Waals surface area contributed by atoms with Crippen LogP contribution in [0, 0.1) is 0 Å². The number of nitrogens with zero attached hydrogens (tertiary/aromatic N) is 4. The molecule has 0 fully saturated rings. The first-order chi connectivity index (χ1) is 39.6. The van der Waals surface area contributed by atoms with Crippen molar-refractivity contribution in [2.45, 2.75) is 304 Å². The third-order valence-corrected chi connectivity index (χ3v) is 16.5. The lowest BCUT2D eigenvalue weighted by atomic mass is 10.1. The highest BCUT2D eigenvalue weighted by Crippen LogP contribution is 2.14. The van der Waals surface area contributed by atoms with Crippen molar-refractivity contribution < 1.29 is 56.6 Å². The van der Waals surface area contributed by atoms with E-state index >= 15 is 0 Å². The Bertz CT molecular complexity index is 1790. The molecule has 0 spiro atoms. The summed E-state index contributed by atoms with van der Waals surface area (Å²) >= 11 is 0. The van der Waals surface area contributed by atoms with Gasteiger partial charge in [-0.2, -0.15) is 0 Å². The molecule has 0 aliphatic carbocycles. The largest absolute Gasteiger partial charge is 1.00 e. The average Bonchev–Trinajstić information content (AvgIpc) is 3.49. The summed E-state index contributed by atoms with van der Waals surface area (Å²) < 4.78 is 4.68. The van der Waals surface area contributed by atoms with Gasteiger partial charge in [0.25, 0.3) is 0 Å². The first-order valence-electron chi connectivity index (χ1n) is 34.8. The van der Waals surface area contributed by atoms with Crippen LogP contribution in [-0.4, -0.2) is 55.9 Å². The Hall–Kier alpha value is -2.59. The molecule has 2 aliphatic heterocycles. The summed E-state index contributed by atoms with van der Waals surface area (Å²) in [7, 11) is 0. The second-order valence-electron chi connectivity index (χ2n) is 24.1. The third-order valence-electron chi connectivity index (χ3n) is 16.5. The van der Waals surface area contributed by atoms with Crippen LogP contribution in [0.5, 0.6) is 0 Å². The van der Waals surface area contributed by atoms with Gasteiger partial charge < -0.3 is 58.1 Å². The Morgan fingerprint density at radius 3 is 1.23 bits per heavy atom. The van der Waals surface area contributed by atoms with Gasteiger partial charge in [0.15, 0.2) is 24.8 Å². The van der Waals surface area contributed by atoms with Crippen LogP contribution in [0.25, 0.3) is 0 Å². The van der Waals surface area contributed by atoms with Gasteiger partial charge in [-0.1, -0.05) is 207 Å². The van der Waals surface area contributed by atoms with Gasteiger partial charge >= 0.3 is 0 Å². The second kappa shape index (κ2) is 63.4. The zero-order valence-corrected chi connectivity index (χ0v) is 57.7. The number of hydrogen-bond donors (Lipinski definition) is 4. The van der Waals surface area contributed by atoms with Crippen molar-refractivity contribution in [3.05, 3.63) is 98.2 Å². The molecule has 2 aromatic rings. The minimum Gasteiger partial charge on any atom is -1.00 e. The van der Waals surface area contributed by atoms with Crippen LogP contribution in [0.15, 0.2) is 103 Å². The van der Waals surface area contributed by atoms with Gasteiger partial charge in [-0.3, -0.25) is 9.89 Å². The minimum absolute atomic E-state index is 0. The smallest absolute Gasteiger partial charge is 0.170 e.